The molecule has 6 heteroatoms. The first kappa shape index (κ1) is 28.1. The number of carbonyl (C=O) groups is 1. The lowest BCUT2D eigenvalue weighted by Gasteiger charge is -2.13. The van der Waals surface area contributed by atoms with E-state index in [1.165, 1.54) is 37.7 Å². The fraction of sp³-hybridized carbons (Fsp3) is 0.870. The van der Waals surface area contributed by atoms with E-state index in [4.69, 9.17) is 19.7 Å². The van der Waals surface area contributed by atoms with Gasteiger partial charge in [-0.1, -0.05) is 58.1 Å². The Morgan fingerprint density at radius 2 is 1.59 bits per heavy atom. The maximum absolute atomic E-state index is 11.7. The number of aliphatic hydroxyl groups excluding tert-OH is 3. The molecule has 29 heavy (non-hydrogen) atoms. The predicted octanol–water partition coefficient (Wildman–Crippen LogP) is 3.62. The Morgan fingerprint density at radius 1 is 0.931 bits per heavy atom. The normalized spacial score (nSPS) is 15.4. The lowest BCUT2D eigenvalue weighted by Crippen LogP contribution is -2.27. The lowest BCUT2D eigenvalue weighted by atomic mass is 9.94. The standard InChI is InChI=1S/C23H44O6/c1-18(2)8-5-9-19(3)10-6-11-20(4)12-7-13-23(27)29-17-22(26)16-28-15-21(25)14-24/h12,18-19,21-22,24-26H,5-11,13-17H2,1-4H3/b20-12+. The van der Waals surface area contributed by atoms with Crippen LogP contribution in [-0.2, 0) is 14.3 Å². The fourth-order valence-electron chi connectivity index (χ4n) is 2.99. The molecule has 0 aromatic heterocycles. The Morgan fingerprint density at radius 3 is 2.24 bits per heavy atom. The number of carbonyl (C=O) groups excluding carboxylic acids is 1. The molecule has 0 rings (SSSR count). The van der Waals surface area contributed by atoms with Crippen molar-refractivity contribution < 1.29 is 29.6 Å². The van der Waals surface area contributed by atoms with Crippen LogP contribution in [0.5, 0.6) is 0 Å². The lowest BCUT2D eigenvalue weighted by molar-refractivity contribution is -0.148. The van der Waals surface area contributed by atoms with E-state index in [9.17, 15) is 9.90 Å². The van der Waals surface area contributed by atoms with E-state index >= 15 is 0 Å². The third-order valence-corrected chi connectivity index (χ3v) is 4.86. The number of aliphatic hydroxyl groups is 3. The summed E-state index contributed by atoms with van der Waals surface area (Å²) in [5.74, 6) is 1.22. The van der Waals surface area contributed by atoms with Gasteiger partial charge in [0.1, 0.15) is 18.8 Å². The van der Waals surface area contributed by atoms with Crippen molar-refractivity contribution in [3.63, 3.8) is 0 Å². The minimum Gasteiger partial charge on any atom is -0.463 e. The Labute approximate surface area is 177 Å². The molecular weight excluding hydrogens is 372 g/mol. The first-order chi connectivity index (χ1) is 13.7. The summed E-state index contributed by atoms with van der Waals surface area (Å²) in [6.45, 7) is 8.35. The van der Waals surface area contributed by atoms with E-state index in [-0.39, 0.29) is 25.8 Å². The zero-order chi connectivity index (χ0) is 22.1. The number of esters is 1. The molecule has 0 saturated heterocycles. The van der Waals surface area contributed by atoms with Crippen molar-refractivity contribution in [2.45, 2.75) is 91.3 Å². The molecule has 0 aliphatic rings. The van der Waals surface area contributed by atoms with Crippen LogP contribution in [0.15, 0.2) is 11.6 Å². The summed E-state index contributed by atoms with van der Waals surface area (Å²) in [4.78, 5) is 11.7. The van der Waals surface area contributed by atoms with Crippen LogP contribution >= 0.6 is 0 Å². The number of hydrogen-bond acceptors (Lipinski definition) is 6. The molecule has 0 heterocycles. The van der Waals surface area contributed by atoms with Crippen molar-refractivity contribution in [2.24, 2.45) is 11.8 Å². The minimum atomic E-state index is -0.965. The van der Waals surface area contributed by atoms with Gasteiger partial charge in [-0.2, -0.15) is 0 Å². The number of ether oxygens (including phenoxy) is 2. The molecule has 0 fully saturated rings. The highest BCUT2D eigenvalue weighted by Crippen LogP contribution is 2.19. The van der Waals surface area contributed by atoms with E-state index in [1.54, 1.807) is 0 Å². The minimum absolute atomic E-state index is 0.0563. The Kier molecular flexibility index (Phi) is 17.3. The van der Waals surface area contributed by atoms with Crippen molar-refractivity contribution in [1.29, 1.82) is 0 Å². The van der Waals surface area contributed by atoms with Gasteiger partial charge in [0.2, 0.25) is 0 Å². The van der Waals surface area contributed by atoms with Crippen LogP contribution in [0.3, 0.4) is 0 Å². The van der Waals surface area contributed by atoms with Gasteiger partial charge in [0.05, 0.1) is 19.8 Å². The molecule has 0 spiro atoms. The number of rotatable bonds is 18. The summed E-state index contributed by atoms with van der Waals surface area (Å²) in [6.07, 6.45) is 8.58. The molecule has 0 aliphatic heterocycles. The second-order valence-corrected chi connectivity index (χ2v) is 8.62. The van der Waals surface area contributed by atoms with Crippen molar-refractivity contribution in [3.8, 4) is 0 Å². The summed E-state index contributed by atoms with van der Waals surface area (Å²) in [6, 6.07) is 0. The van der Waals surface area contributed by atoms with Crippen LogP contribution in [0.25, 0.3) is 0 Å². The number of hydrogen-bond donors (Lipinski definition) is 3. The zero-order valence-corrected chi connectivity index (χ0v) is 18.9. The predicted molar refractivity (Wildman–Crippen MR) is 116 cm³/mol. The van der Waals surface area contributed by atoms with Crippen LogP contribution in [0, 0.1) is 11.8 Å². The van der Waals surface area contributed by atoms with Crippen molar-refractivity contribution in [2.75, 3.05) is 26.4 Å². The third kappa shape index (κ3) is 18.8. The van der Waals surface area contributed by atoms with Crippen LogP contribution in [0.2, 0.25) is 0 Å². The Balaban J connectivity index is 3.75. The fourth-order valence-corrected chi connectivity index (χ4v) is 2.99. The monoisotopic (exact) mass is 416 g/mol. The molecule has 3 unspecified atom stereocenters. The molecular formula is C23H44O6. The maximum Gasteiger partial charge on any atom is 0.306 e. The largest absolute Gasteiger partial charge is 0.463 e. The van der Waals surface area contributed by atoms with Gasteiger partial charge in [-0.25, -0.2) is 0 Å². The molecule has 0 bridgehead atoms. The highest BCUT2D eigenvalue weighted by atomic mass is 16.5. The van der Waals surface area contributed by atoms with Crippen LogP contribution in [0.4, 0.5) is 0 Å². The quantitative estimate of drug-likeness (QED) is 0.233. The zero-order valence-electron chi connectivity index (χ0n) is 18.9. The maximum atomic E-state index is 11.7. The molecule has 0 aromatic rings. The van der Waals surface area contributed by atoms with Gasteiger partial charge >= 0.3 is 5.97 Å². The van der Waals surface area contributed by atoms with Crippen molar-refractivity contribution >= 4 is 5.97 Å². The van der Waals surface area contributed by atoms with Gasteiger partial charge in [0.25, 0.3) is 0 Å². The summed E-state index contributed by atoms with van der Waals surface area (Å²) >= 11 is 0. The summed E-state index contributed by atoms with van der Waals surface area (Å²) < 4.78 is 10.0. The van der Waals surface area contributed by atoms with E-state index in [2.05, 4.69) is 33.8 Å². The van der Waals surface area contributed by atoms with Crippen LogP contribution < -0.4 is 0 Å². The van der Waals surface area contributed by atoms with Gasteiger partial charge in [-0.3, -0.25) is 4.79 Å². The second kappa shape index (κ2) is 17.9. The van der Waals surface area contributed by atoms with Crippen LogP contribution in [0.1, 0.15) is 79.1 Å². The number of allylic oxidation sites excluding steroid dienone is 2. The first-order valence-electron chi connectivity index (χ1n) is 11.1. The molecule has 0 radical (unpaired) electrons. The van der Waals surface area contributed by atoms with E-state index in [0.29, 0.717) is 12.8 Å². The molecule has 0 amide bonds. The van der Waals surface area contributed by atoms with Gasteiger partial charge < -0.3 is 24.8 Å². The highest BCUT2D eigenvalue weighted by molar-refractivity contribution is 5.69. The molecule has 3 N–H and O–H groups in total. The molecule has 0 saturated carbocycles. The van der Waals surface area contributed by atoms with Gasteiger partial charge in [-0.05, 0) is 38.0 Å². The van der Waals surface area contributed by atoms with E-state index < -0.39 is 18.8 Å². The summed E-state index contributed by atoms with van der Waals surface area (Å²) in [5.41, 5.74) is 1.31. The second-order valence-electron chi connectivity index (χ2n) is 8.62. The summed E-state index contributed by atoms with van der Waals surface area (Å²) in [5, 5.41) is 27.4. The SMILES string of the molecule is C/C(=C\CCC(=O)OCC(O)COCC(O)CO)CCCC(C)CCCC(C)C. The van der Waals surface area contributed by atoms with Crippen molar-refractivity contribution in [3.05, 3.63) is 11.6 Å². The Hall–Kier alpha value is -0.950. The highest BCUT2D eigenvalue weighted by Gasteiger charge is 2.10. The molecule has 0 aromatic carbocycles. The smallest absolute Gasteiger partial charge is 0.306 e. The molecule has 3 atom stereocenters. The van der Waals surface area contributed by atoms with Crippen molar-refractivity contribution in [1.82, 2.24) is 0 Å². The topological polar surface area (TPSA) is 96.2 Å². The average molecular weight is 417 g/mol. The molecule has 0 aliphatic carbocycles. The van der Waals surface area contributed by atoms with Gasteiger partial charge in [0.15, 0.2) is 0 Å². The van der Waals surface area contributed by atoms with Gasteiger partial charge in [0, 0.05) is 6.42 Å². The van der Waals surface area contributed by atoms with Crippen LogP contribution in [-0.4, -0.2) is 59.9 Å². The first-order valence-corrected chi connectivity index (χ1v) is 11.1. The average Bonchev–Trinajstić information content (AvgIpc) is 2.65. The van der Waals surface area contributed by atoms with Gasteiger partial charge in [-0.15, -0.1) is 0 Å². The third-order valence-electron chi connectivity index (χ3n) is 4.86. The Bertz CT molecular complexity index is 435. The van der Waals surface area contributed by atoms with E-state index in [1.807, 2.05) is 0 Å². The molecule has 172 valence electrons. The van der Waals surface area contributed by atoms with E-state index in [0.717, 1.165) is 18.3 Å². The molecule has 6 nitrogen and oxygen atoms in total. The summed E-state index contributed by atoms with van der Waals surface area (Å²) in [7, 11) is 0.